The van der Waals surface area contributed by atoms with Gasteiger partial charge in [-0.3, -0.25) is 4.79 Å². The standard InChI is InChI=1S/C21H27N3OS/c1-15-2-6-17(7-3-15)21-23-19(14-26-21)12-20(25)24-10-8-18(9-11-24)22-13-16-4-5-16/h2-3,6-7,14,16,18,22H,4-5,8-13H2,1H3. The molecule has 2 heterocycles. The zero-order valence-electron chi connectivity index (χ0n) is 15.4. The quantitative estimate of drug-likeness (QED) is 0.845. The van der Waals surface area contributed by atoms with Gasteiger partial charge in [-0.15, -0.1) is 11.3 Å². The van der Waals surface area contributed by atoms with E-state index in [9.17, 15) is 4.79 Å². The lowest BCUT2D eigenvalue weighted by atomic mass is 10.0. The predicted molar refractivity (Wildman–Crippen MR) is 106 cm³/mol. The number of carbonyl (C=O) groups is 1. The number of aryl methyl sites for hydroxylation is 1. The summed E-state index contributed by atoms with van der Waals surface area (Å²) in [6.45, 7) is 4.99. The van der Waals surface area contributed by atoms with E-state index in [0.717, 1.165) is 48.1 Å². The number of likely N-dealkylation sites (tertiary alicyclic amines) is 1. The summed E-state index contributed by atoms with van der Waals surface area (Å²) < 4.78 is 0. The van der Waals surface area contributed by atoms with Gasteiger partial charge in [-0.2, -0.15) is 0 Å². The Kier molecular flexibility index (Phi) is 5.36. The molecule has 0 unspecified atom stereocenters. The summed E-state index contributed by atoms with van der Waals surface area (Å²) in [6, 6.07) is 8.98. The summed E-state index contributed by atoms with van der Waals surface area (Å²) in [4.78, 5) is 19.3. The second kappa shape index (κ2) is 7.89. The van der Waals surface area contributed by atoms with Gasteiger partial charge in [0.15, 0.2) is 0 Å². The van der Waals surface area contributed by atoms with Crippen molar-refractivity contribution in [1.82, 2.24) is 15.2 Å². The van der Waals surface area contributed by atoms with E-state index in [-0.39, 0.29) is 5.91 Å². The number of hydrogen-bond donors (Lipinski definition) is 1. The summed E-state index contributed by atoms with van der Waals surface area (Å²) >= 11 is 1.62. The number of hydrogen-bond acceptors (Lipinski definition) is 4. The molecule has 1 saturated carbocycles. The summed E-state index contributed by atoms with van der Waals surface area (Å²) in [5, 5.41) is 6.69. The van der Waals surface area contributed by atoms with Crippen LogP contribution in [0.1, 0.15) is 36.9 Å². The number of thiazole rings is 1. The molecular weight excluding hydrogens is 342 g/mol. The number of aromatic nitrogens is 1. The predicted octanol–water partition coefficient (Wildman–Crippen LogP) is 3.65. The molecule has 0 spiro atoms. The van der Waals surface area contributed by atoms with Crippen LogP contribution in [0.25, 0.3) is 10.6 Å². The number of benzene rings is 1. The third-order valence-corrected chi connectivity index (χ3v) is 6.36. The van der Waals surface area contributed by atoms with Gasteiger partial charge in [0, 0.05) is 30.1 Å². The number of amides is 1. The van der Waals surface area contributed by atoms with Gasteiger partial charge in [-0.05, 0) is 45.1 Å². The Hall–Kier alpha value is -1.72. The van der Waals surface area contributed by atoms with E-state index in [2.05, 4.69) is 41.5 Å². The molecule has 0 bridgehead atoms. The van der Waals surface area contributed by atoms with E-state index >= 15 is 0 Å². The Morgan fingerprint density at radius 3 is 2.62 bits per heavy atom. The van der Waals surface area contributed by atoms with E-state index < -0.39 is 0 Å². The fourth-order valence-electron chi connectivity index (χ4n) is 3.47. The maximum absolute atomic E-state index is 12.6. The molecule has 26 heavy (non-hydrogen) atoms. The van der Waals surface area contributed by atoms with E-state index in [1.807, 2.05) is 10.3 Å². The van der Waals surface area contributed by atoms with Crippen molar-refractivity contribution in [3.8, 4) is 10.6 Å². The molecule has 0 atom stereocenters. The lowest BCUT2D eigenvalue weighted by Gasteiger charge is -2.32. The second-order valence-electron chi connectivity index (χ2n) is 7.69. The summed E-state index contributed by atoms with van der Waals surface area (Å²) in [5.74, 6) is 1.13. The van der Waals surface area contributed by atoms with Gasteiger partial charge in [-0.1, -0.05) is 29.8 Å². The molecule has 2 aromatic rings. The van der Waals surface area contributed by atoms with Crippen LogP contribution in [0.5, 0.6) is 0 Å². The Balaban J connectivity index is 1.27. The average Bonchev–Trinajstić information content (AvgIpc) is 3.38. The maximum Gasteiger partial charge on any atom is 0.228 e. The lowest BCUT2D eigenvalue weighted by molar-refractivity contribution is -0.131. The minimum absolute atomic E-state index is 0.214. The third-order valence-electron chi connectivity index (χ3n) is 5.42. The minimum Gasteiger partial charge on any atom is -0.342 e. The first-order valence-corrected chi connectivity index (χ1v) is 10.6. The van der Waals surface area contributed by atoms with E-state index in [1.165, 1.54) is 24.9 Å². The monoisotopic (exact) mass is 369 g/mol. The zero-order valence-corrected chi connectivity index (χ0v) is 16.2. The fraction of sp³-hybridized carbons (Fsp3) is 0.524. The molecule has 1 aliphatic heterocycles. The summed E-state index contributed by atoms with van der Waals surface area (Å²) in [5.41, 5.74) is 3.27. The molecule has 4 nitrogen and oxygen atoms in total. The highest BCUT2D eigenvalue weighted by atomic mass is 32.1. The first kappa shape index (κ1) is 17.7. The second-order valence-corrected chi connectivity index (χ2v) is 8.55. The summed E-state index contributed by atoms with van der Waals surface area (Å²) in [6.07, 6.45) is 5.35. The third kappa shape index (κ3) is 4.51. The molecule has 1 saturated heterocycles. The van der Waals surface area contributed by atoms with Crippen LogP contribution >= 0.6 is 11.3 Å². The van der Waals surface area contributed by atoms with Crippen LogP contribution in [0, 0.1) is 12.8 Å². The number of rotatable bonds is 6. The number of carbonyl (C=O) groups excluding carboxylic acids is 1. The van der Waals surface area contributed by atoms with Crippen molar-refractivity contribution in [1.29, 1.82) is 0 Å². The molecule has 1 aromatic carbocycles. The first-order chi connectivity index (χ1) is 12.7. The van der Waals surface area contributed by atoms with Crippen molar-refractivity contribution in [2.75, 3.05) is 19.6 Å². The maximum atomic E-state index is 12.6. The summed E-state index contributed by atoms with van der Waals surface area (Å²) in [7, 11) is 0. The molecule has 4 rings (SSSR count). The van der Waals surface area contributed by atoms with Gasteiger partial charge in [0.1, 0.15) is 5.01 Å². The molecule has 1 aliphatic carbocycles. The SMILES string of the molecule is Cc1ccc(-c2nc(CC(=O)N3CCC(NCC4CC4)CC3)cs2)cc1. The largest absolute Gasteiger partial charge is 0.342 e. The molecule has 0 radical (unpaired) electrons. The molecule has 1 N–H and O–H groups in total. The highest BCUT2D eigenvalue weighted by Crippen LogP contribution is 2.28. The van der Waals surface area contributed by atoms with Crippen LogP contribution in [0.4, 0.5) is 0 Å². The molecule has 5 heteroatoms. The lowest BCUT2D eigenvalue weighted by Crippen LogP contribution is -2.45. The van der Waals surface area contributed by atoms with E-state index in [1.54, 1.807) is 11.3 Å². The van der Waals surface area contributed by atoms with Crippen LogP contribution in [0.15, 0.2) is 29.6 Å². The minimum atomic E-state index is 0.214. The Bertz CT molecular complexity index is 743. The molecule has 1 aromatic heterocycles. The Morgan fingerprint density at radius 2 is 1.92 bits per heavy atom. The number of nitrogens with zero attached hydrogens (tertiary/aromatic N) is 2. The highest BCUT2D eigenvalue weighted by Gasteiger charge is 2.26. The van der Waals surface area contributed by atoms with Crippen LogP contribution in [0.2, 0.25) is 0 Å². The normalized spacial score (nSPS) is 18.3. The van der Waals surface area contributed by atoms with E-state index in [4.69, 9.17) is 0 Å². The van der Waals surface area contributed by atoms with Crippen molar-refractivity contribution >= 4 is 17.2 Å². The van der Waals surface area contributed by atoms with Crippen LogP contribution in [-0.2, 0) is 11.2 Å². The van der Waals surface area contributed by atoms with Crippen LogP contribution in [0.3, 0.4) is 0 Å². The topological polar surface area (TPSA) is 45.2 Å². The Morgan fingerprint density at radius 1 is 1.19 bits per heavy atom. The molecule has 2 aliphatic rings. The Labute approximate surface area is 159 Å². The van der Waals surface area contributed by atoms with Crippen molar-refractivity contribution in [2.45, 2.75) is 45.1 Å². The van der Waals surface area contributed by atoms with Gasteiger partial charge < -0.3 is 10.2 Å². The first-order valence-electron chi connectivity index (χ1n) is 9.70. The number of piperidine rings is 1. The fourth-order valence-corrected chi connectivity index (χ4v) is 4.30. The smallest absolute Gasteiger partial charge is 0.228 e. The molecule has 1 amide bonds. The number of nitrogens with one attached hydrogen (secondary N) is 1. The van der Waals surface area contributed by atoms with Crippen molar-refractivity contribution in [3.63, 3.8) is 0 Å². The van der Waals surface area contributed by atoms with Gasteiger partial charge in [-0.25, -0.2) is 4.98 Å². The van der Waals surface area contributed by atoms with Crippen molar-refractivity contribution in [3.05, 3.63) is 40.9 Å². The van der Waals surface area contributed by atoms with Gasteiger partial charge >= 0.3 is 0 Å². The zero-order chi connectivity index (χ0) is 17.9. The van der Waals surface area contributed by atoms with Crippen LogP contribution < -0.4 is 5.32 Å². The highest BCUT2D eigenvalue weighted by molar-refractivity contribution is 7.13. The van der Waals surface area contributed by atoms with Crippen molar-refractivity contribution < 1.29 is 4.79 Å². The molecule has 138 valence electrons. The van der Waals surface area contributed by atoms with Crippen LogP contribution in [-0.4, -0.2) is 41.5 Å². The van der Waals surface area contributed by atoms with Gasteiger partial charge in [0.2, 0.25) is 5.91 Å². The molecular formula is C21H27N3OS. The van der Waals surface area contributed by atoms with E-state index in [0.29, 0.717) is 12.5 Å². The average molecular weight is 370 g/mol. The van der Waals surface area contributed by atoms with Gasteiger partial charge in [0.25, 0.3) is 0 Å². The molecule has 2 fully saturated rings. The van der Waals surface area contributed by atoms with Crippen molar-refractivity contribution in [2.24, 2.45) is 5.92 Å². The van der Waals surface area contributed by atoms with Gasteiger partial charge in [0.05, 0.1) is 12.1 Å².